The van der Waals surface area contributed by atoms with E-state index in [4.69, 9.17) is 19.9 Å². The van der Waals surface area contributed by atoms with Crippen LogP contribution in [0.5, 0.6) is 0 Å². The topological polar surface area (TPSA) is 151 Å². The highest BCUT2D eigenvalue weighted by atomic mass is 32.3. The van der Waals surface area contributed by atoms with Crippen LogP contribution in [0, 0.1) is 0 Å². The van der Waals surface area contributed by atoms with Crippen LogP contribution in [0.25, 0.3) is 0 Å². The van der Waals surface area contributed by atoms with Crippen LogP contribution in [-0.2, 0) is 24.4 Å². The lowest BCUT2D eigenvalue weighted by molar-refractivity contribution is -0.226. The average Bonchev–Trinajstić information content (AvgIpc) is 1.98. The maximum absolute atomic E-state index is 10.1. The van der Waals surface area contributed by atoms with Gasteiger partial charge in [0.1, 0.15) is 6.61 Å². The first kappa shape index (κ1) is 15.2. The number of carboxylic acids is 1. The van der Waals surface area contributed by atoms with Crippen LogP contribution in [0.15, 0.2) is 0 Å². The first-order chi connectivity index (χ1) is 7.20. The van der Waals surface area contributed by atoms with E-state index in [1.807, 2.05) is 0 Å². The highest BCUT2D eigenvalue weighted by Gasteiger charge is 2.16. The Morgan fingerprint density at radius 1 is 1.25 bits per heavy atom. The van der Waals surface area contributed by atoms with Crippen molar-refractivity contribution in [1.82, 2.24) is 0 Å². The highest BCUT2D eigenvalue weighted by Crippen LogP contribution is 2.04. The highest BCUT2D eigenvalue weighted by molar-refractivity contribution is 7.80. The average molecular weight is 260 g/mol. The molecule has 0 bridgehead atoms. The molecule has 0 fully saturated rings. The van der Waals surface area contributed by atoms with E-state index in [-0.39, 0.29) is 6.42 Å². The minimum absolute atomic E-state index is 0.332. The van der Waals surface area contributed by atoms with Gasteiger partial charge in [-0.05, 0) is 0 Å². The fraction of sp³-hybridized carbons (Fsp3) is 0.833. The third kappa shape index (κ3) is 9.76. The van der Waals surface area contributed by atoms with E-state index in [2.05, 4.69) is 9.22 Å². The molecule has 4 N–H and O–H groups in total. The molecule has 2 unspecified atom stereocenters. The minimum Gasteiger partial charge on any atom is -0.481 e. The van der Waals surface area contributed by atoms with Crippen LogP contribution in [-0.4, -0.2) is 53.1 Å². The van der Waals surface area contributed by atoms with Crippen molar-refractivity contribution in [2.75, 3.05) is 6.61 Å². The number of aliphatic carboxylic acids is 1. The SMILES string of the molecule is O=C(O)CC(O)CC(O)COOS(=O)(=O)O. The fourth-order valence-electron chi connectivity index (χ4n) is 0.834. The summed E-state index contributed by atoms with van der Waals surface area (Å²) >= 11 is 0. The molecule has 0 amide bonds. The fourth-order valence-corrected chi connectivity index (χ4v) is 1.01. The van der Waals surface area contributed by atoms with E-state index in [1.165, 1.54) is 0 Å². The van der Waals surface area contributed by atoms with Gasteiger partial charge in [-0.3, -0.25) is 9.35 Å². The van der Waals surface area contributed by atoms with Gasteiger partial charge in [-0.15, -0.1) is 0 Å². The number of carboxylic acid groups (broad SMARTS) is 1. The Hall–Kier alpha value is -0.780. The third-order valence-electron chi connectivity index (χ3n) is 1.35. The molecular weight excluding hydrogens is 248 g/mol. The van der Waals surface area contributed by atoms with Crippen molar-refractivity contribution < 1.29 is 42.3 Å². The van der Waals surface area contributed by atoms with Crippen LogP contribution < -0.4 is 0 Å². The van der Waals surface area contributed by atoms with Gasteiger partial charge in [0.2, 0.25) is 0 Å². The Morgan fingerprint density at radius 3 is 2.25 bits per heavy atom. The van der Waals surface area contributed by atoms with Gasteiger partial charge < -0.3 is 15.3 Å². The Balaban J connectivity index is 3.74. The van der Waals surface area contributed by atoms with Crippen LogP contribution in [0.1, 0.15) is 12.8 Å². The van der Waals surface area contributed by atoms with E-state index >= 15 is 0 Å². The Morgan fingerprint density at radius 2 is 1.81 bits per heavy atom. The van der Waals surface area contributed by atoms with Gasteiger partial charge in [-0.2, -0.15) is 8.42 Å². The van der Waals surface area contributed by atoms with E-state index < -0.39 is 41.6 Å². The Kier molecular flexibility index (Phi) is 6.40. The van der Waals surface area contributed by atoms with Crippen molar-refractivity contribution in [3.05, 3.63) is 0 Å². The first-order valence-corrected chi connectivity index (χ1v) is 5.43. The molecular formula is C6H12O9S. The number of rotatable bonds is 8. The molecule has 0 aliphatic rings. The van der Waals surface area contributed by atoms with Crippen LogP contribution in [0.2, 0.25) is 0 Å². The van der Waals surface area contributed by atoms with E-state index in [1.54, 1.807) is 0 Å². The first-order valence-electron chi connectivity index (χ1n) is 4.07. The zero-order chi connectivity index (χ0) is 12.8. The monoisotopic (exact) mass is 260 g/mol. The predicted octanol–water partition coefficient (Wildman–Crippen LogP) is -1.68. The van der Waals surface area contributed by atoms with Gasteiger partial charge in [0.15, 0.2) is 0 Å². The normalized spacial score (nSPS) is 15.7. The van der Waals surface area contributed by atoms with Crippen molar-refractivity contribution >= 4 is 16.4 Å². The number of aliphatic hydroxyl groups is 2. The summed E-state index contributed by atoms with van der Waals surface area (Å²) in [6.07, 6.45) is -3.50. The molecule has 0 radical (unpaired) electrons. The maximum Gasteiger partial charge on any atom is 0.424 e. The number of hydrogen-bond acceptors (Lipinski definition) is 7. The molecule has 96 valence electrons. The van der Waals surface area contributed by atoms with Crippen LogP contribution in [0.4, 0.5) is 0 Å². The predicted molar refractivity (Wildman–Crippen MR) is 47.5 cm³/mol. The van der Waals surface area contributed by atoms with Crippen LogP contribution in [0.3, 0.4) is 0 Å². The molecule has 16 heavy (non-hydrogen) atoms. The van der Waals surface area contributed by atoms with Gasteiger partial charge in [0.05, 0.1) is 18.6 Å². The van der Waals surface area contributed by atoms with Gasteiger partial charge in [0, 0.05) is 6.42 Å². The molecule has 0 aliphatic heterocycles. The van der Waals surface area contributed by atoms with Gasteiger partial charge >= 0.3 is 16.4 Å². The summed E-state index contributed by atoms with van der Waals surface area (Å²) in [6.45, 7) is -0.642. The zero-order valence-electron chi connectivity index (χ0n) is 8.01. The lowest BCUT2D eigenvalue weighted by Crippen LogP contribution is -2.24. The Bertz CT molecular complexity index is 310. The molecule has 0 aromatic rings. The number of carbonyl (C=O) groups is 1. The van der Waals surface area contributed by atoms with Crippen molar-refractivity contribution in [2.24, 2.45) is 0 Å². The molecule has 0 aromatic carbocycles. The molecule has 0 rings (SSSR count). The van der Waals surface area contributed by atoms with Gasteiger partial charge in [0.25, 0.3) is 0 Å². The molecule has 10 heteroatoms. The summed E-state index contributed by atoms with van der Waals surface area (Å²) in [4.78, 5) is 14.0. The molecule has 0 aromatic heterocycles. The second kappa shape index (κ2) is 6.73. The summed E-state index contributed by atoms with van der Waals surface area (Å²) < 4.78 is 31.4. The molecule has 0 saturated heterocycles. The third-order valence-corrected chi connectivity index (χ3v) is 1.62. The summed E-state index contributed by atoms with van der Waals surface area (Å²) in [6, 6.07) is 0. The van der Waals surface area contributed by atoms with E-state index in [0.717, 1.165) is 0 Å². The van der Waals surface area contributed by atoms with Crippen molar-refractivity contribution in [3.63, 3.8) is 0 Å². The molecule has 0 heterocycles. The zero-order valence-corrected chi connectivity index (χ0v) is 8.83. The largest absolute Gasteiger partial charge is 0.481 e. The second-order valence-electron chi connectivity index (χ2n) is 2.92. The summed E-state index contributed by atoms with van der Waals surface area (Å²) in [5.74, 6) is -1.24. The lowest BCUT2D eigenvalue weighted by Gasteiger charge is -2.12. The minimum atomic E-state index is -4.76. The van der Waals surface area contributed by atoms with Crippen molar-refractivity contribution in [3.8, 4) is 0 Å². The smallest absolute Gasteiger partial charge is 0.424 e. The van der Waals surface area contributed by atoms with Crippen molar-refractivity contribution in [1.29, 1.82) is 0 Å². The summed E-state index contributed by atoms with van der Waals surface area (Å²) in [5, 5.41) is 26.4. The number of aliphatic hydroxyl groups excluding tert-OH is 2. The maximum atomic E-state index is 10.1. The van der Waals surface area contributed by atoms with E-state index in [9.17, 15) is 13.2 Å². The second-order valence-corrected chi connectivity index (χ2v) is 3.91. The quantitative estimate of drug-likeness (QED) is 0.228. The van der Waals surface area contributed by atoms with E-state index in [0.29, 0.717) is 0 Å². The lowest BCUT2D eigenvalue weighted by atomic mass is 10.1. The van der Waals surface area contributed by atoms with Crippen LogP contribution >= 0.6 is 0 Å². The Labute approximate surface area is 91.1 Å². The van der Waals surface area contributed by atoms with Crippen molar-refractivity contribution in [2.45, 2.75) is 25.0 Å². The summed E-state index contributed by atoms with van der Waals surface area (Å²) in [7, 11) is -4.76. The van der Waals surface area contributed by atoms with Gasteiger partial charge in [-0.1, -0.05) is 4.33 Å². The molecule has 0 saturated carbocycles. The standard InChI is InChI=1S/C6H12O9S/c7-4(2-6(9)10)1-5(8)3-14-15-16(11,12)13/h4-5,7-8H,1-3H2,(H,9,10)(H,11,12,13). The summed E-state index contributed by atoms with van der Waals surface area (Å²) in [5.41, 5.74) is 0. The van der Waals surface area contributed by atoms with Gasteiger partial charge in [-0.25, -0.2) is 4.89 Å². The molecule has 0 aliphatic carbocycles. The molecule has 2 atom stereocenters. The number of hydrogen-bond donors (Lipinski definition) is 4. The molecule has 9 nitrogen and oxygen atoms in total. The molecule has 0 spiro atoms.